The number of pyridine rings is 1. The van der Waals surface area contributed by atoms with Crippen molar-refractivity contribution in [2.75, 3.05) is 5.32 Å². The van der Waals surface area contributed by atoms with E-state index in [2.05, 4.69) is 5.32 Å². The molecule has 4 rings (SSSR count). The highest BCUT2D eigenvalue weighted by atomic mass is 19.4. The Balaban J connectivity index is 1.57. The van der Waals surface area contributed by atoms with Crippen molar-refractivity contribution in [3.63, 3.8) is 0 Å². The third-order valence-electron chi connectivity index (χ3n) is 4.29. The fraction of sp³-hybridized carbons (Fsp3) is 0.100. The second-order valence-corrected chi connectivity index (χ2v) is 6.24. The van der Waals surface area contributed by atoms with Gasteiger partial charge in [0.15, 0.2) is 0 Å². The van der Waals surface area contributed by atoms with Gasteiger partial charge in [0.2, 0.25) is 5.91 Å². The number of fused-ring (bicyclic) bond motifs is 3. The van der Waals surface area contributed by atoms with Gasteiger partial charge in [-0.25, -0.2) is 0 Å². The van der Waals surface area contributed by atoms with Gasteiger partial charge in [0.1, 0.15) is 17.7 Å². The van der Waals surface area contributed by atoms with Crippen LogP contribution in [0.15, 0.2) is 70.0 Å². The molecule has 0 fully saturated rings. The summed E-state index contributed by atoms with van der Waals surface area (Å²) in [6.07, 6.45) is -3.97. The van der Waals surface area contributed by atoms with Gasteiger partial charge in [-0.1, -0.05) is 18.2 Å². The van der Waals surface area contributed by atoms with Crippen LogP contribution in [0, 0.1) is 0 Å². The van der Waals surface area contributed by atoms with E-state index in [0.717, 1.165) is 21.4 Å². The lowest BCUT2D eigenvalue weighted by Gasteiger charge is -2.11. The minimum Gasteiger partial charge on any atom is -0.456 e. The van der Waals surface area contributed by atoms with Gasteiger partial charge in [0.05, 0.1) is 5.56 Å². The lowest BCUT2D eigenvalue weighted by atomic mass is 10.1. The van der Waals surface area contributed by atoms with Gasteiger partial charge in [-0.2, -0.15) is 13.2 Å². The Morgan fingerprint density at radius 2 is 1.75 bits per heavy atom. The van der Waals surface area contributed by atoms with Crippen molar-refractivity contribution in [1.82, 2.24) is 4.57 Å². The maximum absolute atomic E-state index is 12.8. The first-order valence-corrected chi connectivity index (χ1v) is 8.30. The lowest BCUT2D eigenvalue weighted by molar-refractivity contribution is -0.138. The van der Waals surface area contributed by atoms with Crippen molar-refractivity contribution < 1.29 is 22.4 Å². The van der Waals surface area contributed by atoms with Gasteiger partial charge >= 0.3 is 6.18 Å². The van der Waals surface area contributed by atoms with E-state index in [9.17, 15) is 22.8 Å². The van der Waals surface area contributed by atoms with Crippen molar-refractivity contribution in [1.29, 1.82) is 0 Å². The van der Waals surface area contributed by atoms with Gasteiger partial charge in [0.25, 0.3) is 5.56 Å². The molecule has 4 aromatic rings. The summed E-state index contributed by atoms with van der Waals surface area (Å²) in [5, 5.41) is 4.39. The molecule has 2 heterocycles. The third-order valence-corrected chi connectivity index (χ3v) is 4.29. The van der Waals surface area contributed by atoms with Crippen molar-refractivity contribution in [2.45, 2.75) is 12.7 Å². The summed E-state index contributed by atoms with van der Waals surface area (Å²) in [5.41, 5.74) is -0.0113. The van der Waals surface area contributed by atoms with E-state index in [1.54, 1.807) is 18.2 Å². The van der Waals surface area contributed by atoms with Crippen LogP contribution in [0.1, 0.15) is 5.56 Å². The number of alkyl halides is 3. The predicted octanol–water partition coefficient (Wildman–Crippen LogP) is 4.41. The Kier molecular flexibility index (Phi) is 4.18. The first kappa shape index (κ1) is 17.8. The number of rotatable bonds is 3. The van der Waals surface area contributed by atoms with Crippen LogP contribution in [0.25, 0.3) is 21.9 Å². The highest BCUT2D eigenvalue weighted by Crippen LogP contribution is 2.30. The molecule has 0 unspecified atom stereocenters. The van der Waals surface area contributed by atoms with Crippen molar-refractivity contribution in [3.8, 4) is 0 Å². The molecule has 0 spiro atoms. The molecule has 28 heavy (non-hydrogen) atoms. The van der Waals surface area contributed by atoms with E-state index in [1.165, 1.54) is 0 Å². The first-order valence-electron chi connectivity index (χ1n) is 8.30. The van der Waals surface area contributed by atoms with Crippen LogP contribution in [-0.4, -0.2) is 10.5 Å². The maximum atomic E-state index is 12.8. The molecular formula is C20H13F3N2O3. The number of anilines is 1. The molecule has 0 radical (unpaired) electrons. The largest absolute Gasteiger partial charge is 0.456 e. The van der Waals surface area contributed by atoms with Crippen LogP contribution in [0.3, 0.4) is 0 Å². The van der Waals surface area contributed by atoms with Crippen LogP contribution < -0.4 is 10.9 Å². The number of hydrogen-bond acceptors (Lipinski definition) is 3. The summed E-state index contributed by atoms with van der Waals surface area (Å²) in [4.78, 5) is 24.0. The van der Waals surface area contributed by atoms with E-state index in [0.29, 0.717) is 29.1 Å². The van der Waals surface area contributed by atoms with Crippen molar-refractivity contribution in [2.24, 2.45) is 0 Å². The van der Waals surface area contributed by atoms with E-state index < -0.39 is 29.8 Å². The molecule has 0 aliphatic heterocycles. The van der Waals surface area contributed by atoms with Gasteiger partial charge in [-0.15, -0.1) is 0 Å². The van der Waals surface area contributed by atoms with Crippen LogP contribution >= 0.6 is 0 Å². The van der Waals surface area contributed by atoms with Gasteiger partial charge in [-0.3, -0.25) is 9.59 Å². The molecule has 1 N–H and O–H groups in total. The fourth-order valence-corrected chi connectivity index (χ4v) is 2.98. The van der Waals surface area contributed by atoms with Crippen LogP contribution in [0.4, 0.5) is 18.9 Å². The average Bonchev–Trinajstić information content (AvgIpc) is 3.00. The minimum atomic E-state index is -4.60. The van der Waals surface area contributed by atoms with E-state index in [1.807, 2.05) is 24.3 Å². The Labute approximate surface area is 156 Å². The van der Waals surface area contributed by atoms with Crippen molar-refractivity contribution >= 4 is 33.5 Å². The number of carbonyl (C=O) groups excluding carboxylic acids is 1. The monoisotopic (exact) mass is 386 g/mol. The SMILES string of the molecule is O=C(Cn1cc(C(F)(F)F)ccc1=O)Nc1ccc2c(c1)oc1ccccc12. The van der Waals surface area contributed by atoms with Gasteiger partial charge in [0, 0.05) is 34.8 Å². The summed E-state index contributed by atoms with van der Waals surface area (Å²) in [6, 6.07) is 14.0. The molecule has 8 heteroatoms. The highest BCUT2D eigenvalue weighted by molar-refractivity contribution is 6.06. The summed E-state index contributed by atoms with van der Waals surface area (Å²) >= 11 is 0. The van der Waals surface area contributed by atoms with Crippen LogP contribution in [0.2, 0.25) is 0 Å². The minimum absolute atomic E-state index is 0.414. The second kappa shape index (κ2) is 6.56. The quantitative estimate of drug-likeness (QED) is 0.567. The number of hydrogen-bond donors (Lipinski definition) is 1. The van der Waals surface area contributed by atoms with E-state index in [4.69, 9.17) is 4.42 Å². The molecule has 0 atom stereocenters. The molecular weight excluding hydrogens is 373 g/mol. The fourth-order valence-electron chi connectivity index (χ4n) is 2.98. The van der Waals surface area contributed by atoms with Crippen molar-refractivity contribution in [3.05, 3.63) is 76.7 Å². The summed E-state index contributed by atoms with van der Waals surface area (Å²) < 4.78 is 44.8. The van der Waals surface area contributed by atoms with E-state index >= 15 is 0 Å². The number of carbonyl (C=O) groups is 1. The standard InChI is InChI=1S/C20H13F3N2O3/c21-20(22,23)12-5-8-19(27)25(10-12)11-18(26)24-13-6-7-15-14-3-1-2-4-16(14)28-17(15)9-13/h1-10H,11H2,(H,24,26). The number of furan rings is 1. The molecule has 2 aromatic heterocycles. The Morgan fingerprint density at radius 1 is 1.00 bits per heavy atom. The van der Waals surface area contributed by atoms with Gasteiger partial charge < -0.3 is 14.3 Å². The summed E-state index contributed by atoms with van der Waals surface area (Å²) in [5.74, 6) is -0.628. The highest BCUT2D eigenvalue weighted by Gasteiger charge is 2.31. The number of halogens is 3. The van der Waals surface area contributed by atoms with E-state index in [-0.39, 0.29) is 0 Å². The van der Waals surface area contributed by atoms with Crippen LogP contribution in [-0.2, 0) is 17.5 Å². The number of aromatic nitrogens is 1. The zero-order chi connectivity index (χ0) is 19.9. The molecule has 0 aliphatic carbocycles. The molecule has 0 bridgehead atoms. The molecule has 0 saturated heterocycles. The van der Waals surface area contributed by atoms with Crippen LogP contribution in [0.5, 0.6) is 0 Å². The smallest absolute Gasteiger partial charge is 0.417 e. The maximum Gasteiger partial charge on any atom is 0.417 e. The molecule has 0 aliphatic rings. The molecule has 142 valence electrons. The molecule has 1 amide bonds. The number of nitrogens with zero attached hydrogens (tertiary/aromatic N) is 1. The normalized spacial score (nSPS) is 11.8. The lowest BCUT2D eigenvalue weighted by Crippen LogP contribution is -2.28. The average molecular weight is 386 g/mol. The Morgan fingerprint density at radius 3 is 2.54 bits per heavy atom. The predicted molar refractivity (Wildman–Crippen MR) is 98.1 cm³/mol. The number of amides is 1. The summed E-state index contributed by atoms with van der Waals surface area (Å²) in [6.45, 7) is -0.541. The number of nitrogens with one attached hydrogen (secondary N) is 1. The number of benzene rings is 2. The zero-order valence-electron chi connectivity index (χ0n) is 14.3. The topological polar surface area (TPSA) is 64.2 Å². The Bertz CT molecular complexity index is 1260. The first-order chi connectivity index (χ1) is 13.3. The molecule has 2 aromatic carbocycles. The number of para-hydroxylation sites is 1. The second-order valence-electron chi connectivity index (χ2n) is 6.24. The third kappa shape index (κ3) is 3.36. The molecule has 0 saturated carbocycles. The Hall–Kier alpha value is -3.55. The molecule has 5 nitrogen and oxygen atoms in total. The summed E-state index contributed by atoms with van der Waals surface area (Å²) in [7, 11) is 0. The zero-order valence-corrected chi connectivity index (χ0v) is 14.3. The van der Waals surface area contributed by atoms with Gasteiger partial charge in [-0.05, 0) is 24.3 Å².